The van der Waals surface area contributed by atoms with Crippen molar-refractivity contribution in [3.63, 3.8) is 0 Å². The molecule has 1 aliphatic carbocycles. The summed E-state index contributed by atoms with van der Waals surface area (Å²) in [4.78, 5) is 3.94. The van der Waals surface area contributed by atoms with Crippen LogP contribution in [0.25, 0.3) is 6.08 Å². The van der Waals surface area contributed by atoms with Gasteiger partial charge >= 0.3 is 0 Å². The third-order valence-corrected chi connectivity index (χ3v) is 5.08. The Kier molecular flexibility index (Phi) is 3.94. The lowest BCUT2D eigenvalue weighted by Crippen LogP contribution is -2.45. The van der Waals surface area contributed by atoms with E-state index in [1.165, 1.54) is 12.4 Å². The zero-order chi connectivity index (χ0) is 16.7. The normalized spacial score (nSPS) is 25.1. The second-order valence-corrected chi connectivity index (χ2v) is 7.15. The van der Waals surface area contributed by atoms with Crippen molar-refractivity contribution in [2.24, 2.45) is 5.41 Å². The van der Waals surface area contributed by atoms with Gasteiger partial charge in [-0.15, -0.1) is 0 Å². The van der Waals surface area contributed by atoms with Crippen LogP contribution in [0.4, 0.5) is 0 Å². The third-order valence-electron chi connectivity index (χ3n) is 4.85. The predicted molar refractivity (Wildman–Crippen MR) is 89.1 cm³/mol. The summed E-state index contributed by atoms with van der Waals surface area (Å²) in [6.45, 7) is 4.43. The van der Waals surface area contributed by atoms with Crippen LogP contribution in [0.2, 0.25) is 5.02 Å². The average molecular weight is 334 g/mol. The second-order valence-electron chi connectivity index (χ2n) is 6.71. The number of phenolic OH excluding ortho intramolecular Hbond substituents is 1. The van der Waals surface area contributed by atoms with Crippen molar-refractivity contribution in [2.75, 3.05) is 0 Å². The van der Waals surface area contributed by atoms with Gasteiger partial charge in [0.15, 0.2) is 0 Å². The van der Waals surface area contributed by atoms with Gasteiger partial charge in [-0.3, -0.25) is 0 Å². The minimum absolute atomic E-state index is 0.109. The van der Waals surface area contributed by atoms with Crippen LogP contribution in [-0.2, 0) is 6.54 Å². The van der Waals surface area contributed by atoms with Gasteiger partial charge < -0.3 is 10.2 Å². The van der Waals surface area contributed by atoms with E-state index in [2.05, 4.69) is 10.1 Å². The van der Waals surface area contributed by atoms with Crippen molar-refractivity contribution < 1.29 is 10.2 Å². The van der Waals surface area contributed by atoms with E-state index in [9.17, 15) is 10.2 Å². The number of rotatable bonds is 3. The largest absolute Gasteiger partial charge is 0.507 e. The highest BCUT2D eigenvalue weighted by Crippen LogP contribution is 2.51. The van der Waals surface area contributed by atoms with E-state index < -0.39 is 5.60 Å². The van der Waals surface area contributed by atoms with E-state index in [0.29, 0.717) is 17.1 Å². The van der Waals surface area contributed by atoms with Crippen molar-refractivity contribution in [2.45, 2.75) is 38.8 Å². The SMILES string of the molecule is CC1(C)CCC(=Cc2ccc(Cl)cc2O)C1(O)Cn1cncn1. The summed E-state index contributed by atoms with van der Waals surface area (Å²) in [7, 11) is 0. The fourth-order valence-electron chi connectivity index (χ4n) is 3.18. The zero-order valence-electron chi connectivity index (χ0n) is 13.2. The number of halogens is 1. The molecule has 5 nitrogen and oxygen atoms in total. The van der Waals surface area contributed by atoms with Crippen LogP contribution in [0, 0.1) is 5.41 Å². The molecule has 0 bridgehead atoms. The standard InChI is InChI=1S/C17H20ClN3O2/c1-16(2)6-5-13(7-12-3-4-14(18)8-15(12)22)17(16,23)9-21-11-19-10-20-21/h3-4,7-8,10-11,22-23H,5-6,9H2,1-2H3. The first-order valence-corrected chi connectivity index (χ1v) is 7.94. The van der Waals surface area contributed by atoms with Gasteiger partial charge in [-0.2, -0.15) is 5.10 Å². The van der Waals surface area contributed by atoms with E-state index in [1.807, 2.05) is 19.9 Å². The van der Waals surface area contributed by atoms with Crippen LogP contribution in [0.15, 0.2) is 36.4 Å². The molecule has 6 heteroatoms. The van der Waals surface area contributed by atoms with E-state index in [0.717, 1.165) is 18.4 Å². The molecule has 2 N–H and O–H groups in total. The van der Waals surface area contributed by atoms with Crippen LogP contribution >= 0.6 is 11.6 Å². The number of hydrogen-bond donors (Lipinski definition) is 2. The maximum absolute atomic E-state index is 11.4. The molecule has 1 aromatic heterocycles. The highest BCUT2D eigenvalue weighted by atomic mass is 35.5. The van der Waals surface area contributed by atoms with E-state index in [4.69, 9.17) is 11.6 Å². The maximum Gasteiger partial charge on any atom is 0.137 e. The number of nitrogens with zero attached hydrogens (tertiary/aromatic N) is 3. The van der Waals surface area contributed by atoms with Gasteiger partial charge in [-0.05, 0) is 48.1 Å². The molecule has 1 unspecified atom stereocenters. The third kappa shape index (κ3) is 2.86. The molecule has 0 saturated heterocycles. The Hall–Kier alpha value is -1.85. The van der Waals surface area contributed by atoms with Crippen molar-refractivity contribution in [1.82, 2.24) is 14.8 Å². The molecule has 0 amide bonds. The number of hydrogen-bond acceptors (Lipinski definition) is 4. The maximum atomic E-state index is 11.4. The van der Waals surface area contributed by atoms with Crippen LogP contribution < -0.4 is 0 Å². The van der Waals surface area contributed by atoms with Gasteiger partial charge in [0.1, 0.15) is 24.0 Å². The van der Waals surface area contributed by atoms with Crippen molar-refractivity contribution in [3.05, 3.63) is 47.0 Å². The molecule has 1 heterocycles. The lowest BCUT2D eigenvalue weighted by molar-refractivity contribution is -0.0298. The molecule has 0 radical (unpaired) electrons. The molecule has 1 aromatic carbocycles. The lowest BCUT2D eigenvalue weighted by atomic mass is 9.76. The Morgan fingerprint density at radius 2 is 2.17 bits per heavy atom. The molecule has 0 aliphatic heterocycles. The van der Waals surface area contributed by atoms with Gasteiger partial charge in [0.2, 0.25) is 0 Å². The molecular formula is C17H20ClN3O2. The lowest BCUT2D eigenvalue weighted by Gasteiger charge is -2.37. The van der Waals surface area contributed by atoms with Crippen molar-refractivity contribution >= 4 is 17.7 Å². The van der Waals surface area contributed by atoms with Crippen LogP contribution in [-0.4, -0.2) is 30.6 Å². The van der Waals surface area contributed by atoms with Crippen molar-refractivity contribution in [1.29, 1.82) is 0 Å². The number of aromatic hydroxyl groups is 1. The molecule has 1 saturated carbocycles. The summed E-state index contributed by atoms with van der Waals surface area (Å²) >= 11 is 5.88. The van der Waals surface area contributed by atoms with E-state index >= 15 is 0 Å². The monoisotopic (exact) mass is 333 g/mol. The molecule has 1 aliphatic rings. The van der Waals surface area contributed by atoms with Crippen LogP contribution in [0.5, 0.6) is 5.75 Å². The van der Waals surface area contributed by atoms with E-state index in [-0.39, 0.29) is 11.2 Å². The number of benzene rings is 1. The van der Waals surface area contributed by atoms with Crippen LogP contribution in [0.3, 0.4) is 0 Å². The molecule has 1 fully saturated rings. The van der Waals surface area contributed by atoms with Crippen LogP contribution in [0.1, 0.15) is 32.3 Å². The Bertz CT molecular complexity index is 740. The van der Waals surface area contributed by atoms with Gasteiger partial charge in [-0.25, -0.2) is 9.67 Å². The first-order valence-electron chi connectivity index (χ1n) is 7.56. The summed E-state index contributed by atoms with van der Waals surface area (Å²) in [6.07, 6.45) is 6.54. The van der Waals surface area contributed by atoms with Gasteiger partial charge in [0.05, 0.1) is 6.54 Å². The highest BCUT2D eigenvalue weighted by Gasteiger charge is 2.51. The fourth-order valence-corrected chi connectivity index (χ4v) is 3.34. The second kappa shape index (κ2) is 5.65. The van der Waals surface area contributed by atoms with Gasteiger partial charge in [-0.1, -0.05) is 25.4 Å². The average Bonchev–Trinajstić information content (AvgIpc) is 3.04. The van der Waals surface area contributed by atoms with Crippen molar-refractivity contribution in [3.8, 4) is 5.75 Å². The zero-order valence-corrected chi connectivity index (χ0v) is 14.0. The Balaban J connectivity index is 2.01. The molecule has 1 atom stereocenters. The number of aromatic nitrogens is 3. The Morgan fingerprint density at radius 3 is 2.83 bits per heavy atom. The summed E-state index contributed by atoms with van der Waals surface area (Å²) < 4.78 is 1.64. The summed E-state index contributed by atoms with van der Waals surface area (Å²) in [6, 6.07) is 4.99. The first-order chi connectivity index (χ1) is 10.8. The van der Waals surface area contributed by atoms with E-state index in [1.54, 1.807) is 23.1 Å². The summed E-state index contributed by atoms with van der Waals surface area (Å²) in [5, 5.41) is 26.1. The van der Waals surface area contributed by atoms with Gasteiger partial charge in [0, 0.05) is 10.6 Å². The quantitative estimate of drug-likeness (QED) is 0.904. The number of phenols is 1. The Labute approximate surface area is 140 Å². The number of aliphatic hydroxyl groups is 1. The summed E-state index contributed by atoms with van der Waals surface area (Å²) in [5.41, 5.74) is 0.189. The predicted octanol–water partition coefficient (Wildman–Crippen LogP) is 3.27. The molecule has 2 aromatic rings. The highest BCUT2D eigenvalue weighted by molar-refractivity contribution is 6.30. The summed E-state index contributed by atoms with van der Waals surface area (Å²) in [5.74, 6) is 0.109. The van der Waals surface area contributed by atoms with Gasteiger partial charge in [0.25, 0.3) is 0 Å². The smallest absolute Gasteiger partial charge is 0.137 e. The topological polar surface area (TPSA) is 71.2 Å². The Morgan fingerprint density at radius 1 is 1.39 bits per heavy atom. The first kappa shape index (κ1) is 16.0. The fraction of sp³-hybridized carbons (Fsp3) is 0.412. The molecule has 122 valence electrons. The molecule has 0 spiro atoms. The minimum Gasteiger partial charge on any atom is -0.507 e. The minimum atomic E-state index is -1.05. The molecular weight excluding hydrogens is 314 g/mol. The molecule has 23 heavy (non-hydrogen) atoms. The molecule has 3 rings (SSSR count).